The van der Waals surface area contributed by atoms with Gasteiger partial charge in [-0.2, -0.15) is 5.26 Å². The molecule has 0 saturated heterocycles. The van der Waals surface area contributed by atoms with Gasteiger partial charge in [-0.1, -0.05) is 0 Å². The Morgan fingerprint density at radius 3 is 1.35 bits per heavy atom. The van der Waals surface area contributed by atoms with Crippen molar-refractivity contribution < 1.29 is 56.6 Å². The fourth-order valence-electron chi connectivity index (χ4n) is 8.86. The van der Waals surface area contributed by atoms with E-state index in [4.69, 9.17) is 37.5 Å². The van der Waals surface area contributed by atoms with Crippen LogP contribution in [0.5, 0.6) is 0 Å². The molecule has 31 heteroatoms. The van der Waals surface area contributed by atoms with E-state index < -0.39 is 25.1 Å². The summed E-state index contributed by atoms with van der Waals surface area (Å²) in [6.07, 6.45) is 7.60. The number of hydrogen-bond acceptors (Lipinski definition) is 20. The summed E-state index contributed by atoms with van der Waals surface area (Å²) in [6, 6.07) is 2.36. The number of nitrogens with zero attached hydrogens (tertiary/aromatic N) is 11. The molecule has 4 N–H and O–H groups in total. The number of nitriles is 1. The SMILES string of the molecule is CC(C)N(C(C)C)P(OCCC#N)OC12CC(C(=O)NC(CCC(=O)NCCOCCOCc3c[n]([Tl])nn3)(CCC(=O)NCCOCCOCc3c[n]([Tl])nn3)CCC(=O)NCCOCCOCc3c[n]([Tl])nn3)(C1)C2. The molecule has 77 heavy (non-hydrogen) atoms. The first-order valence-electron chi connectivity index (χ1n) is 25.9. The van der Waals surface area contributed by atoms with Gasteiger partial charge >= 0.3 is 313 Å². The minimum Gasteiger partial charge on any atom is -0.00857 e. The number of aromatic nitrogens is 9. The smallest absolute Gasteiger partial charge is 0.00857 e. The zero-order valence-corrected chi connectivity index (χ0v) is 59.1. The van der Waals surface area contributed by atoms with Crippen LogP contribution in [0, 0.1) is 16.7 Å². The average Bonchev–Trinajstić information content (AvgIpc) is 4.27. The minimum absolute atomic E-state index is 0.00243. The molecule has 418 valence electrons. The molecule has 4 amide bonds. The van der Waals surface area contributed by atoms with Crippen LogP contribution >= 0.6 is 8.53 Å². The van der Waals surface area contributed by atoms with Crippen molar-refractivity contribution in [2.24, 2.45) is 5.41 Å². The van der Waals surface area contributed by atoms with Crippen LogP contribution in [0.1, 0.15) is 109 Å². The number of amides is 4. The second-order valence-electron chi connectivity index (χ2n) is 19.5. The van der Waals surface area contributed by atoms with Gasteiger partial charge in [0, 0.05) is 36.9 Å². The van der Waals surface area contributed by atoms with Gasteiger partial charge in [0.1, 0.15) is 0 Å². The fourth-order valence-corrected chi connectivity index (χ4v) is 13.3. The standard InChI is InChI=1S/C46H76N15O12P.3Tl/c1-35(2)61(36(3)4)74(72-16-5-12-47)73-46-32-44(33-46,34-46)43(65)54-45(9-6-40(62)48-13-17-66-20-23-69-29-37-26-51-58-55-37,10-7-41(63)49-14-18-67-21-24-70-30-38-27-52-59-56-38)11-8-42(64)50-15-19-68-22-25-71-31-39-28-53-60-57-39;;;/h26-28,35-36H,5-11,13-25,29-34H2,1-4H3,(H7,48,49,50,51,52,53,54,55,56,57,58,59,60,62,63,64,65);;;/q;3*+1/p-3. The summed E-state index contributed by atoms with van der Waals surface area (Å²) in [4.78, 5) is 55.2. The second kappa shape index (κ2) is 34.8. The summed E-state index contributed by atoms with van der Waals surface area (Å²) >= 11 is 1.59. The Labute approximate surface area is 500 Å². The number of nitrogens with one attached hydrogen (secondary N) is 4. The van der Waals surface area contributed by atoms with Gasteiger partial charge in [-0.15, -0.1) is 0 Å². The molecule has 3 saturated carbocycles. The Kier molecular flexibility index (Phi) is 29.6. The molecule has 3 aliphatic rings. The van der Waals surface area contributed by atoms with Crippen LogP contribution in [0.25, 0.3) is 0 Å². The second-order valence-corrected chi connectivity index (χ2v) is 27.0. The minimum atomic E-state index is -1.52. The van der Waals surface area contributed by atoms with E-state index in [-0.39, 0.29) is 127 Å². The molecule has 6 rings (SSSR count). The monoisotopic (exact) mass is 1670 g/mol. The van der Waals surface area contributed by atoms with E-state index >= 15 is 0 Å². The van der Waals surface area contributed by atoms with Crippen LogP contribution < -0.4 is 21.3 Å². The maximum Gasteiger partial charge on any atom is -0.00857 e. The number of ether oxygens (including phenoxy) is 6. The molecule has 27 nitrogen and oxygen atoms in total. The van der Waals surface area contributed by atoms with Gasteiger partial charge in [0.05, 0.1) is 30.1 Å². The predicted octanol–water partition coefficient (Wildman–Crippen LogP) is 0.0154. The van der Waals surface area contributed by atoms with E-state index in [2.05, 4.69) is 90.6 Å². The Balaban J connectivity index is 1.19. The Bertz CT molecular complexity index is 2100. The molecule has 3 aliphatic carbocycles. The van der Waals surface area contributed by atoms with Crippen molar-refractivity contribution in [2.75, 3.05) is 85.7 Å². The van der Waals surface area contributed by atoms with Crippen molar-refractivity contribution in [3.05, 3.63) is 35.7 Å². The summed E-state index contributed by atoms with van der Waals surface area (Å²) in [5.41, 5.74) is -0.192. The van der Waals surface area contributed by atoms with E-state index in [1.165, 1.54) is 0 Å². The van der Waals surface area contributed by atoms with Crippen LogP contribution in [-0.4, -0.2) is 254 Å². The van der Waals surface area contributed by atoms with Crippen LogP contribution in [0.2, 0.25) is 0 Å². The first-order chi connectivity index (χ1) is 37.0. The first-order valence-corrected chi connectivity index (χ1v) is 33.0. The molecule has 0 aliphatic heterocycles. The molecule has 0 spiro atoms. The van der Waals surface area contributed by atoms with E-state index in [9.17, 15) is 24.4 Å². The molecule has 2 bridgehead atoms. The normalized spacial score (nSPS) is 17.2. The van der Waals surface area contributed by atoms with E-state index in [0.717, 1.165) is 17.1 Å². The Morgan fingerprint density at radius 1 is 0.636 bits per heavy atom. The van der Waals surface area contributed by atoms with Gasteiger partial charge in [-0.05, 0) is 66.2 Å². The summed E-state index contributed by atoms with van der Waals surface area (Å²) < 4.78 is 54.3. The molecule has 0 aromatic carbocycles. The van der Waals surface area contributed by atoms with Crippen LogP contribution in [0.3, 0.4) is 0 Å². The summed E-state index contributed by atoms with van der Waals surface area (Å²) in [5, 5.41) is 45.3. The third-order valence-electron chi connectivity index (χ3n) is 12.5. The van der Waals surface area contributed by atoms with Gasteiger partial charge in [0.15, 0.2) is 0 Å². The Morgan fingerprint density at radius 2 is 1.01 bits per heavy atom. The number of hydrogen-bond donors (Lipinski definition) is 4. The quantitative estimate of drug-likeness (QED) is 0.0330. The molecule has 0 radical (unpaired) electrons. The van der Waals surface area contributed by atoms with Crippen molar-refractivity contribution in [2.45, 2.75) is 135 Å². The fraction of sp³-hybridized carbons (Fsp3) is 0.761. The summed E-state index contributed by atoms with van der Waals surface area (Å²) in [6.45, 7) is 13.0. The third-order valence-corrected chi connectivity index (χ3v) is 17.7. The van der Waals surface area contributed by atoms with Gasteiger partial charge in [0.2, 0.25) is 5.91 Å². The van der Waals surface area contributed by atoms with Gasteiger partial charge in [-0.3, -0.25) is 19.2 Å². The van der Waals surface area contributed by atoms with Crippen molar-refractivity contribution in [3.8, 4) is 6.07 Å². The Hall–Kier alpha value is -2.37. The van der Waals surface area contributed by atoms with E-state index in [1.807, 2.05) is 18.6 Å². The molecule has 3 heterocycles. The van der Waals surface area contributed by atoms with Crippen molar-refractivity contribution in [1.29, 1.82) is 5.26 Å². The van der Waals surface area contributed by atoms with Gasteiger partial charge in [-0.25, -0.2) is 4.67 Å². The number of carbonyl (C=O) groups excluding carboxylic acids is 4. The zero-order chi connectivity index (χ0) is 55.5. The van der Waals surface area contributed by atoms with Crippen molar-refractivity contribution in [1.82, 2.24) is 64.3 Å². The molecular formula is C46H73N15O12PTl3. The number of carbonyl (C=O) groups is 4. The molecule has 1 unspecified atom stereocenters. The number of rotatable bonds is 43. The molecule has 3 fully saturated rings. The summed E-state index contributed by atoms with van der Waals surface area (Å²) in [5.74, 6) is -1.03. The maximum atomic E-state index is 14.7. The predicted molar refractivity (Wildman–Crippen MR) is 278 cm³/mol. The van der Waals surface area contributed by atoms with E-state index in [0.29, 0.717) is 157 Å². The maximum absolute atomic E-state index is 14.7. The zero-order valence-electron chi connectivity index (χ0n) is 44.8. The van der Waals surface area contributed by atoms with Crippen LogP contribution in [-0.2, 0) is 76.5 Å². The largest absolute Gasteiger partial charge is 0.00857 e. The van der Waals surface area contributed by atoms with Gasteiger partial charge < -0.3 is 14.4 Å². The van der Waals surface area contributed by atoms with Crippen molar-refractivity contribution >= 4 is 110 Å². The molecule has 3 aromatic heterocycles. The topological polar surface area (TPSA) is 309 Å². The van der Waals surface area contributed by atoms with E-state index in [1.54, 1.807) is 7.47 Å². The molecule has 3 aromatic rings. The van der Waals surface area contributed by atoms with Crippen LogP contribution in [0.15, 0.2) is 18.6 Å². The molecular weight excluding hydrogens is 1600 g/mol. The first kappa shape index (κ1) is 65.4. The van der Waals surface area contributed by atoms with Gasteiger partial charge in [0.25, 0.3) is 8.53 Å². The average molecular weight is 1670 g/mol. The third kappa shape index (κ3) is 23.6. The van der Waals surface area contributed by atoms with Crippen molar-refractivity contribution in [3.63, 3.8) is 0 Å². The van der Waals surface area contributed by atoms with Crippen LogP contribution in [0.4, 0.5) is 0 Å². The summed E-state index contributed by atoms with van der Waals surface area (Å²) in [7, 11) is -1.52. The molecule has 1 atom stereocenters.